The van der Waals surface area contributed by atoms with E-state index in [2.05, 4.69) is 10.3 Å². The van der Waals surface area contributed by atoms with Gasteiger partial charge in [-0.1, -0.05) is 25.3 Å². The summed E-state index contributed by atoms with van der Waals surface area (Å²) in [6.07, 6.45) is 9.58. The highest BCUT2D eigenvalue weighted by atomic mass is 16.4. The van der Waals surface area contributed by atoms with Gasteiger partial charge in [0, 0.05) is 36.4 Å². The fraction of sp³-hybridized carbons (Fsp3) is 0.429. The third kappa shape index (κ3) is 5.03. The van der Waals surface area contributed by atoms with Crippen LogP contribution in [0.3, 0.4) is 0 Å². The van der Waals surface area contributed by atoms with Gasteiger partial charge in [0.1, 0.15) is 6.54 Å². The van der Waals surface area contributed by atoms with Gasteiger partial charge in [-0.2, -0.15) is 0 Å². The summed E-state index contributed by atoms with van der Waals surface area (Å²) in [7, 11) is 0. The first-order valence-corrected chi connectivity index (χ1v) is 13.0. The zero-order chi connectivity index (χ0) is 25.9. The van der Waals surface area contributed by atoms with Crippen molar-refractivity contribution < 1.29 is 24.6 Å². The van der Waals surface area contributed by atoms with Crippen LogP contribution >= 0.6 is 0 Å². The number of carbonyl (C=O) groups is 3. The molecule has 1 atom stereocenters. The third-order valence-corrected chi connectivity index (χ3v) is 7.78. The minimum absolute atomic E-state index is 0.00371. The number of pyridine rings is 1. The molecule has 1 saturated carbocycles. The average molecular weight is 505 g/mol. The average Bonchev–Trinajstić information content (AvgIpc) is 3.51. The van der Waals surface area contributed by atoms with Crippen molar-refractivity contribution in [3.8, 4) is 11.3 Å². The summed E-state index contributed by atoms with van der Waals surface area (Å²) in [6, 6.07) is 8.79. The number of hydrogen-bond donors (Lipinski definition) is 3. The molecule has 1 aliphatic carbocycles. The molecule has 0 bridgehead atoms. The van der Waals surface area contributed by atoms with Gasteiger partial charge >= 0.3 is 12.1 Å². The molecule has 3 heterocycles. The van der Waals surface area contributed by atoms with Crippen molar-refractivity contribution in [1.29, 1.82) is 0 Å². The van der Waals surface area contributed by atoms with E-state index in [0.29, 0.717) is 12.5 Å². The lowest BCUT2D eigenvalue weighted by Gasteiger charge is -2.24. The van der Waals surface area contributed by atoms with Crippen molar-refractivity contribution in [3.05, 3.63) is 53.9 Å². The number of aromatic carboxylic acids is 1. The summed E-state index contributed by atoms with van der Waals surface area (Å²) in [5, 5.41) is 23.0. The van der Waals surface area contributed by atoms with Crippen LogP contribution in [-0.2, 0) is 11.3 Å². The maximum absolute atomic E-state index is 13.3. The number of hydrogen-bond acceptors (Lipinski definition) is 4. The molecule has 2 fully saturated rings. The van der Waals surface area contributed by atoms with Gasteiger partial charge in [-0.15, -0.1) is 0 Å². The smallest absolute Gasteiger partial charge is 0.407 e. The van der Waals surface area contributed by atoms with Crippen LogP contribution in [0.5, 0.6) is 0 Å². The predicted molar refractivity (Wildman–Crippen MR) is 139 cm³/mol. The molecule has 0 spiro atoms. The number of nitrogens with one attached hydrogen (secondary N) is 1. The molecule has 9 nitrogen and oxygen atoms in total. The van der Waals surface area contributed by atoms with Gasteiger partial charge in [0.15, 0.2) is 0 Å². The fourth-order valence-corrected chi connectivity index (χ4v) is 6.03. The number of benzene rings is 1. The van der Waals surface area contributed by atoms with E-state index in [-0.39, 0.29) is 30.6 Å². The van der Waals surface area contributed by atoms with Crippen LogP contribution in [0.4, 0.5) is 4.79 Å². The summed E-state index contributed by atoms with van der Waals surface area (Å²) in [5.41, 5.74) is 3.92. The molecule has 3 aromatic rings. The third-order valence-electron chi connectivity index (χ3n) is 7.78. The number of nitrogens with zero attached hydrogens (tertiary/aromatic N) is 3. The first kappa shape index (κ1) is 24.8. The molecule has 194 valence electrons. The van der Waals surface area contributed by atoms with Crippen LogP contribution < -0.4 is 5.32 Å². The zero-order valence-electron chi connectivity index (χ0n) is 20.7. The van der Waals surface area contributed by atoms with Crippen molar-refractivity contribution in [2.24, 2.45) is 0 Å². The molecule has 1 saturated heterocycles. The Hall–Kier alpha value is -3.88. The lowest BCUT2D eigenvalue weighted by atomic mass is 9.82. The van der Waals surface area contributed by atoms with Crippen LogP contribution in [0.2, 0.25) is 0 Å². The summed E-state index contributed by atoms with van der Waals surface area (Å²) in [4.78, 5) is 42.1. The molecule has 9 heteroatoms. The minimum Gasteiger partial charge on any atom is -0.478 e. The van der Waals surface area contributed by atoms with Gasteiger partial charge in [-0.3, -0.25) is 9.78 Å². The number of likely N-dealkylation sites (tertiary alicyclic amines) is 1. The van der Waals surface area contributed by atoms with Gasteiger partial charge in [0.25, 0.3) is 0 Å². The molecule has 1 aliphatic heterocycles. The normalized spacial score (nSPS) is 18.3. The Bertz CT molecular complexity index is 1310. The molecule has 2 aromatic heterocycles. The van der Waals surface area contributed by atoms with Crippen LogP contribution in [0.1, 0.15) is 66.8 Å². The molecule has 5 rings (SSSR count). The highest BCUT2D eigenvalue weighted by Crippen LogP contribution is 2.44. The van der Waals surface area contributed by atoms with Crippen molar-refractivity contribution in [1.82, 2.24) is 19.8 Å². The molecular formula is C28H32N4O5. The Morgan fingerprint density at radius 1 is 0.973 bits per heavy atom. The monoisotopic (exact) mass is 504 g/mol. The number of amides is 2. The van der Waals surface area contributed by atoms with E-state index in [1.165, 1.54) is 16.9 Å². The molecule has 3 N–H and O–H groups in total. The Morgan fingerprint density at radius 3 is 2.43 bits per heavy atom. The van der Waals surface area contributed by atoms with Crippen molar-refractivity contribution in [2.75, 3.05) is 13.1 Å². The van der Waals surface area contributed by atoms with E-state index < -0.39 is 12.1 Å². The lowest BCUT2D eigenvalue weighted by Crippen LogP contribution is -2.43. The van der Waals surface area contributed by atoms with Crippen molar-refractivity contribution in [3.63, 3.8) is 0 Å². The maximum Gasteiger partial charge on any atom is 0.407 e. The first-order valence-electron chi connectivity index (χ1n) is 13.0. The van der Waals surface area contributed by atoms with E-state index in [1.54, 1.807) is 24.5 Å². The van der Waals surface area contributed by atoms with E-state index in [1.807, 2.05) is 22.8 Å². The van der Waals surface area contributed by atoms with Gasteiger partial charge in [0.2, 0.25) is 5.91 Å². The van der Waals surface area contributed by atoms with Gasteiger partial charge < -0.3 is 25.0 Å². The van der Waals surface area contributed by atoms with Crippen LogP contribution in [-0.4, -0.2) is 61.8 Å². The maximum atomic E-state index is 13.3. The Morgan fingerprint density at radius 2 is 1.73 bits per heavy atom. The second kappa shape index (κ2) is 10.6. The van der Waals surface area contributed by atoms with Crippen molar-refractivity contribution >= 4 is 28.9 Å². The van der Waals surface area contributed by atoms with Crippen LogP contribution in [0.15, 0.2) is 42.7 Å². The molecule has 2 aliphatic rings. The van der Waals surface area contributed by atoms with Gasteiger partial charge in [0.05, 0.1) is 22.8 Å². The molecule has 1 aromatic carbocycles. The van der Waals surface area contributed by atoms with E-state index in [0.717, 1.165) is 60.7 Å². The number of carboxylic acid groups (broad SMARTS) is 2. The fourth-order valence-electron chi connectivity index (χ4n) is 6.03. The lowest BCUT2D eigenvalue weighted by molar-refractivity contribution is -0.121. The number of rotatable bonds is 7. The highest BCUT2D eigenvalue weighted by molar-refractivity contribution is 5.99. The number of fused-ring (bicyclic) bond motifs is 1. The Balaban J connectivity index is 1.56. The van der Waals surface area contributed by atoms with E-state index in [4.69, 9.17) is 0 Å². The predicted octanol–water partition coefficient (Wildman–Crippen LogP) is 4.71. The van der Waals surface area contributed by atoms with Crippen molar-refractivity contribution in [2.45, 2.75) is 63.5 Å². The van der Waals surface area contributed by atoms with Crippen LogP contribution in [0, 0.1) is 0 Å². The topological polar surface area (TPSA) is 125 Å². The number of carboxylic acids is 1. The Labute approximate surface area is 215 Å². The Kier molecular flexibility index (Phi) is 7.12. The largest absolute Gasteiger partial charge is 0.478 e. The SMILES string of the molecule is O=C(Cn1c(-c2ccncc2)c(C2CCCCC2)c2ccc(C(=O)O)cc21)NCC1CCCN1C(=O)O. The number of carbonyl (C=O) groups excluding carboxylic acids is 1. The standard InChI is InChI=1S/C28H32N4O5/c33-24(30-16-21-7-4-14-31(21)28(36)37)17-32-23-15-20(27(34)35)8-9-22(23)25(18-5-2-1-3-6-18)26(32)19-10-12-29-13-11-19/h8-13,15,18,21H,1-7,14,16-17H2,(H,30,33)(H,34,35)(H,36,37). The first-order chi connectivity index (χ1) is 17.9. The highest BCUT2D eigenvalue weighted by Gasteiger charge is 2.30. The molecule has 37 heavy (non-hydrogen) atoms. The molecule has 0 radical (unpaired) electrons. The second-order valence-corrected chi connectivity index (χ2v) is 10.0. The van der Waals surface area contributed by atoms with Gasteiger partial charge in [-0.05, 0) is 61.4 Å². The molecule has 2 amide bonds. The van der Waals surface area contributed by atoms with Gasteiger partial charge in [-0.25, -0.2) is 9.59 Å². The van der Waals surface area contributed by atoms with E-state index >= 15 is 0 Å². The zero-order valence-corrected chi connectivity index (χ0v) is 20.7. The van der Waals surface area contributed by atoms with E-state index in [9.17, 15) is 24.6 Å². The molecule has 1 unspecified atom stereocenters. The quantitative estimate of drug-likeness (QED) is 0.428. The summed E-state index contributed by atoms with van der Waals surface area (Å²) in [6.45, 7) is 0.738. The minimum atomic E-state index is -1.02. The van der Waals surface area contributed by atoms with Crippen LogP contribution in [0.25, 0.3) is 22.2 Å². The molecular weight excluding hydrogens is 472 g/mol. The summed E-state index contributed by atoms with van der Waals surface area (Å²) >= 11 is 0. The number of aromatic nitrogens is 2. The summed E-state index contributed by atoms with van der Waals surface area (Å²) in [5.74, 6) is -0.929. The summed E-state index contributed by atoms with van der Waals surface area (Å²) < 4.78 is 1.93. The second-order valence-electron chi connectivity index (χ2n) is 10.0.